The van der Waals surface area contributed by atoms with Gasteiger partial charge in [-0.2, -0.15) is 0 Å². The lowest BCUT2D eigenvalue weighted by Gasteiger charge is -2.18. The fourth-order valence-corrected chi connectivity index (χ4v) is 2.24. The molecule has 0 saturated carbocycles. The van der Waals surface area contributed by atoms with Gasteiger partial charge in [-0.1, -0.05) is 52.4 Å². The molecule has 2 nitrogen and oxygen atoms in total. The summed E-state index contributed by atoms with van der Waals surface area (Å²) >= 11 is 0. The average molecular weight is 257 g/mol. The number of rotatable bonds is 14. The molecule has 0 bridgehead atoms. The number of hydrogen-bond acceptors (Lipinski definition) is 2. The molecule has 0 heterocycles. The molecular weight excluding hydrogens is 222 g/mol. The number of nitrogens with one attached hydrogen (secondary N) is 1. The van der Waals surface area contributed by atoms with E-state index in [4.69, 9.17) is 4.74 Å². The van der Waals surface area contributed by atoms with Crippen LogP contribution in [0.25, 0.3) is 0 Å². The Morgan fingerprint density at radius 1 is 0.833 bits per heavy atom. The Hall–Kier alpha value is -0.0800. The van der Waals surface area contributed by atoms with E-state index < -0.39 is 0 Å². The Labute approximate surface area is 115 Å². The summed E-state index contributed by atoms with van der Waals surface area (Å²) in [5.41, 5.74) is 0. The van der Waals surface area contributed by atoms with Crippen LogP contribution in [0.5, 0.6) is 0 Å². The van der Waals surface area contributed by atoms with Crippen molar-refractivity contribution in [3.05, 3.63) is 0 Å². The Kier molecular flexibility index (Phi) is 14.9. The zero-order chi connectivity index (χ0) is 13.5. The van der Waals surface area contributed by atoms with E-state index in [1.807, 2.05) is 0 Å². The number of ether oxygens (including phenoxy) is 1. The molecule has 0 radical (unpaired) electrons. The maximum Gasteiger partial charge on any atom is 0.0480 e. The molecule has 1 N–H and O–H groups in total. The van der Waals surface area contributed by atoms with Gasteiger partial charge in [0.25, 0.3) is 0 Å². The summed E-state index contributed by atoms with van der Waals surface area (Å²) < 4.78 is 5.46. The third kappa shape index (κ3) is 12.4. The Balaban J connectivity index is 3.51. The summed E-state index contributed by atoms with van der Waals surface area (Å²) in [4.78, 5) is 0. The molecule has 1 atom stereocenters. The van der Waals surface area contributed by atoms with Crippen molar-refractivity contribution in [3.63, 3.8) is 0 Å². The molecule has 0 aliphatic carbocycles. The third-order valence-electron chi connectivity index (χ3n) is 3.40. The van der Waals surface area contributed by atoms with Gasteiger partial charge in [0.05, 0.1) is 0 Å². The molecule has 110 valence electrons. The van der Waals surface area contributed by atoms with Crippen molar-refractivity contribution < 1.29 is 4.74 Å². The van der Waals surface area contributed by atoms with Crippen LogP contribution in [0.2, 0.25) is 0 Å². The maximum absolute atomic E-state index is 5.46. The monoisotopic (exact) mass is 257 g/mol. The van der Waals surface area contributed by atoms with Gasteiger partial charge in [-0.25, -0.2) is 0 Å². The first-order valence-electron chi connectivity index (χ1n) is 8.16. The van der Waals surface area contributed by atoms with Gasteiger partial charge in [-0.3, -0.25) is 0 Å². The van der Waals surface area contributed by atoms with Crippen LogP contribution in [0.1, 0.15) is 78.6 Å². The van der Waals surface area contributed by atoms with Gasteiger partial charge in [-0.15, -0.1) is 0 Å². The van der Waals surface area contributed by atoms with Crippen molar-refractivity contribution in [2.24, 2.45) is 0 Å². The molecule has 2 heteroatoms. The summed E-state index contributed by atoms with van der Waals surface area (Å²) in [5, 5.41) is 3.65. The second-order valence-electron chi connectivity index (χ2n) is 5.19. The first-order valence-corrected chi connectivity index (χ1v) is 8.16. The van der Waals surface area contributed by atoms with E-state index >= 15 is 0 Å². The van der Waals surface area contributed by atoms with Crippen molar-refractivity contribution in [1.29, 1.82) is 0 Å². The average Bonchev–Trinajstić information content (AvgIpc) is 2.39. The maximum atomic E-state index is 5.46. The van der Waals surface area contributed by atoms with Crippen LogP contribution in [0.15, 0.2) is 0 Å². The van der Waals surface area contributed by atoms with E-state index in [1.54, 1.807) is 0 Å². The molecule has 18 heavy (non-hydrogen) atoms. The first-order chi connectivity index (χ1) is 8.85. The highest BCUT2D eigenvalue weighted by atomic mass is 16.5. The Morgan fingerprint density at radius 2 is 1.56 bits per heavy atom. The normalized spacial score (nSPS) is 12.8. The summed E-state index contributed by atoms with van der Waals surface area (Å²) in [5.74, 6) is 0. The summed E-state index contributed by atoms with van der Waals surface area (Å²) in [6.07, 6.45) is 12.1. The molecule has 0 aromatic rings. The van der Waals surface area contributed by atoms with Gasteiger partial charge in [0.1, 0.15) is 0 Å². The lowest BCUT2D eigenvalue weighted by molar-refractivity contribution is 0.135. The lowest BCUT2D eigenvalue weighted by Crippen LogP contribution is -2.31. The van der Waals surface area contributed by atoms with Crippen LogP contribution in [0.4, 0.5) is 0 Å². The van der Waals surface area contributed by atoms with Crippen LogP contribution < -0.4 is 5.32 Å². The molecule has 0 saturated heterocycles. The van der Waals surface area contributed by atoms with Crippen LogP contribution in [0.3, 0.4) is 0 Å². The second kappa shape index (κ2) is 15.0. The minimum Gasteiger partial charge on any atom is -0.382 e. The van der Waals surface area contributed by atoms with Gasteiger partial charge in [-0.05, 0) is 32.7 Å². The van der Waals surface area contributed by atoms with Crippen molar-refractivity contribution in [3.8, 4) is 0 Å². The minimum atomic E-state index is 0.669. The van der Waals surface area contributed by atoms with Gasteiger partial charge < -0.3 is 10.1 Å². The molecule has 0 aliphatic rings. The van der Waals surface area contributed by atoms with Crippen molar-refractivity contribution >= 4 is 0 Å². The van der Waals surface area contributed by atoms with Gasteiger partial charge in [0.2, 0.25) is 0 Å². The molecule has 0 aromatic carbocycles. The fourth-order valence-electron chi connectivity index (χ4n) is 2.24. The second-order valence-corrected chi connectivity index (χ2v) is 5.19. The van der Waals surface area contributed by atoms with Crippen molar-refractivity contribution in [2.75, 3.05) is 19.8 Å². The fraction of sp³-hybridized carbons (Fsp3) is 1.00. The van der Waals surface area contributed by atoms with E-state index in [-0.39, 0.29) is 0 Å². The molecule has 0 fully saturated rings. The van der Waals surface area contributed by atoms with Gasteiger partial charge in [0.15, 0.2) is 0 Å². The predicted octanol–water partition coefficient (Wildman–Crippen LogP) is 4.53. The molecule has 0 aromatic heterocycles. The molecule has 0 spiro atoms. The highest BCUT2D eigenvalue weighted by molar-refractivity contribution is 4.66. The zero-order valence-electron chi connectivity index (χ0n) is 13.0. The van der Waals surface area contributed by atoms with E-state index in [0.29, 0.717) is 6.04 Å². The lowest BCUT2D eigenvalue weighted by atomic mass is 10.0. The molecule has 0 rings (SSSR count). The van der Waals surface area contributed by atoms with E-state index in [2.05, 4.69) is 26.1 Å². The van der Waals surface area contributed by atoms with Crippen LogP contribution in [-0.2, 0) is 4.74 Å². The van der Waals surface area contributed by atoms with Crippen molar-refractivity contribution in [2.45, 2.75) is 84.6 Å². The Morgan fingerprint density at radius 3 is 2.22 bits per heavy atom. The zero-order valence-corrected chi connectivity index (χ0v) is 13.0. The topological polar surface area (TPSA) is 21.3 Å². The highest BCUT2D eigenvalue weighted by Crippen LogP contribution is 2.10. The predicted molar refractivity (Wildman–Crippen MR) is 81.2 cm³/mol. The number of unbranched alkanes of at least 4 members (excludes halogenated alkanes) is 5. The highest BCUT2D eigenvalue weighted by Gasteiger charge is 2.06. The molecular formula is C16H35NO. The number of hydrogen-bond donors (Lipinski definition) is 1. The van der Waals surface area contributed by atoms with Crippen LogP contribution >= 0.6 is 0 Å². The van der Waals surface area contributed by atoms with E-state index in [0.717, 1.165) is 19.8 Å². The van der Waals surface area contributed by atoms with Gasteiger partial charge in [0, 0.05) is 19.3 Å². The first kappa shape index (κ1) is 17.9. The van der Waals surface area contributed by atoms with Crippen LogP contribution in [0, 0.1) is 0 Å². The van der Waals surface area contributed by atoms with Gasteiger partial charge >= 0.3 is 0 Å². The quantitative estimate of drug-likeness (QED) is 0.462. The van der Waals surface area contributed by atoms with E-state index in [1.165, 1.54) is 57.8 Å². The molecule has 0 aliphatic heterocycles. The summed E-state index contributed by atoms with van der Waals surface area (Å²) in [7, 11) is 0. The standard InChI is InChI=1S/C16H35NO/c1-4-7-8-9-10-11-12-16(17-14-5-2)13-15-18-6-3/h16-17H,4-15H2,1-3H3. The smallest absolute Gasteiger partial charge is 0.0480 e. The largest absolute Gasteiger partial charge is 0.382 e. The molecule has 1 unspecified atom stereocenters. The van der Waals surface area contributed by atoms with Crippen molar-refractivity contribution in [1.82, 2.24) is 5.32 Å². The molecule has 0 amide bonds. The SMILES string of the molecule is CCCCCCCCC(CCOCC)NCCC. The third-order valence-corrected chi connectivity index (χ3v) is 3.40. The summed E-state index contributed by atoms with van der Waals surface area (Å²) in [6.45, 7) is 9.48. The van der Waals surface area contributed by atoms with E-state index in [9.17, 15) is 0 Å². The Bertz CT molecular complexity index is 150. The van der Waals surface area contributed by atoms with Crippen LogP contribution in [-0.4, -0.2) is 25.8 Å². The summed E-state index contributed by atoms with van der Waals surface area (Å²) in [6, 6.07) is 0.669. The minimum absolute atomic E-state index is 0.669.